The Labute approximate surface area is 108 Å². The minimum atomic E-state index is 0.362. The zero-order valence-electron chi connectivity index (χ0n) is 10.4. The second-order valence-electron chi connectivity index (χ2n) is 4.80. The monoisotopic (exact) mass is 253 g/mol. The number of rotatable bonds is 3. The first kappa shape index (κ1) is 12.7. The van der Waals surface area contributed by atoms with Gasteiger partial charge in [0, 0.05) is 23.5 Å². The van der Waals surface area contributed by atoms with Crippen LogP contribution in [0.2, 0.25) is 0 Å². The van der Waals surface area contributed by atoms with Crippen molar-refractivity contribution in [1.82, 2.24) is 4.98 Å². The first-order valence-electron chi connectivity index (χ1n) is 6.47. The van der Waals surface area contributed by atoms with Gasteiger partial charge in [0.15, 0.2) is 0 Å². The van der Waals surface area contributed by atoms with Gasteiger partial charge in [0.2, 0.25) is 0 Å². The van der Waals surface area contributed by atoms with E-state index in [0.29, 0.717) is 12.0 Å². The average molecular weight is 254 g/mol. The lowest BCUT2D eigenvalue weighted by Gasteiger charge is -2.19. The molecule has 2 nitrogen and oxygen atoms in total. The molecule has 0 bridgehead atoms. The first-order chi connectivity index (χ1) is 8.29. The van der Waals surface area contributed by atoms with Gasteiger partial charge in [-0.15, -0.1) is 11.6 Å². The highest BCUT2D eigenvalue weighted by Crippen LogP contribution is 2.26. The molecule has 1 aliphatic carbocycles. The molecule has 0 N–H and O–H groups in total. The van der Waals surface area contributed by atoms with Crippen LogP contribution >= 0.6 is 11.6 Å². The van der Waals surface area contributed by atoms with Crippen molar-refractivity contribution >= 4 is 11.6 Å². The van der Waals surface area contributed by atoms with Gasteiger partial charge in [0.05, 0.1) is 12.0 Å². The number of nitrogens with zero attached hydrogens (tertiary/aromatic N) is 1. The lowest BCUT2D eigenvalue weighted by Crippen LogP contribution is -2.16. The summed E-state index contributed by atoms with van der Waals surface area (Å²) in [6, 6.07) is 2.00. The normalized spacial score (nSPS) is 17.8. The van der Waals surface area contributed by atoms with Crippen molar-refractivity contribution < 1.29 is 4.74 Å². The van der Waals surface area contributed by atoms with Gasteiger partial charge in [-0.1, -0.05) is 12.8 Å². The van der Waals surface area contributed by atoms with Crippen LogP contribution in [0.4, 0.5) is 0 Å². The molecule has 0 unspecified atom stereocenters. The summed E-state index contributed by atoms with van der Waals surface area (Å²) in [5.41, 5.74) is 1.99. The summed E-state index contributed by atoms with van der Waals surface area (Å²) in [7, 11) is 0. The number of alkyl halides is 1. The number of aromatic nitrogens is 1. The van der Waals surface area contributed by atoms with E-state index in [0.717, 1.165) is 17.0 Å². The molecule has 0 spiro atoms. The van der Waals surface area contributed by atoms with E-state index in [1.54, 1.807) is 0 Å². The summed E-state index contributed by atoms with van der Waals surface area (Å²) in [6.45, 7) is 1.98. The van der Waals surface area contributed by atoms with Crippen molar-refractivity contribution in [3.8, 4) is 5.75 Å². The van der Waals surface area contributed by atoms with Gasteiger partial charge in [-0.05, 0) is 32.6 Å². The molecular weight excluding hydrogens is 234 g/mol. The third-order valence-corrected chi connectivity index (χ3v) is 3.61. The van der Waals surface area contributed by atoms with E-state index < -0.39 is 0 Å². The molecule has 17 heavy (non-hydrogen) atoms. The van der Waals surface area contributed by atoms with Gasteiger partial charge >= 0.3 is 0 Å². The van der Waals surface area contributed by atoms with Crippen LogP contribution in [0.25, 0.3) is 0 Å². The van der Waals surface area contributed by atoms with Crippen molar-refractivity contribution in [3.63, 3.8) is 0 Å². The van der Waals surface area contributed by atoms with Gasteiger partial charge < -0.3 is 4.74 Å². The molecule has 1 saturated carbocycles. The third kappa shape index (κ3) is 3.60. The molecule has 3 heteroatoms. The summed E-state index contributed by atoms with van der Waals surface area (Å²) in [5.74, 6) is 1.40. The third-order valence-electron chi connectivity index (χ3n) is 3.32. The van der Waals surface area contributed by atoms with Crippen LogP contribution in [0.3, 0.4) is 0 Å². The van der Waals surface area contributed by atoms with Gasteiger partial charge in [-0.25, -0.2) is 0 Å². The molecular formula is C14H20ClNO. The standard InChI is InChI=1S/C14H20ClNO/c1-11-8-14(12(9-15)10-16-11)17-13-6-4-2-3-5-7-13/h8,10,13H,2-7,9H2,1H3. The maximum absolute atomic E-state index is 6.11. The summed E-state index contributed by atoms with van der Waals surface area (Å²) < 4.78 is 6.11. The zero-order valence-corrected chi connectivity index (χ0v) is 11.2. The molecule has 0 saturated heterocycles. The minimum Gasteiger partial charge on any atom is -0.490 e. The van der Waals surface area contributed by atoms with E-state index in [-0.39, 0.29) is 0 Å². The Hall–Kier alpha value is -0.760. The van der Waals surface area contributed by atoms with Crippen LogP contribution < -0.4 is 4.74 Å². The average Bonchev–Trinajstić information content (AvgIpc) is 2.58. The molecule has 0 aliphatic heterocycles. The summed E-state index contributed by atoms with van der Waals surface area (Å²) in [6.07, 6.45) is 9.78. The quantitative estimate of drug-likeness (QED) is 0.594. The molecule has 1 fully saturated rings. The zero-order chi connectivity index (χ0) is 12.1. The fourth-order valence-electron chi connectivity index (χ4n) is 2.31. The lowest BCUT2D eigenvalue weighted by atomic mass is 10.1. The van der Waals surface area contributed by atoms with Crippen LogP contribution in [0.15, 0.2) is 12.3 Å². The molecule has 1 aromatic heterocycles. The number of halogens is 1. The van der Waals surface area contributed by atoms with E-state index in [4.69, 9.17) is 16.3 Å². The number of hydrogen-bond acceptors (Lipinski definition) is 2. The van der Waals surface area contributed by atoms with Crippen LogP contribution in [-0.4, -0.2) is 11.1 Å². The highest BCUT2D eigenvalue weighted by molar-refractivity contribution is 6.17. The van der Waals surface area contributed by atoms with E-state index in [1.807, 2.05) is 19.2 Å². The van der Waals surface area contributed by atoms with Crippen molar-refractivity contribution in [2.45, 2.75) is 57.4 Å². The molecule has 2 rings (SSSR count). The number of hydrogen-bond donors (Lipinski definition) is 0. The summed E-state index contributed by atoms with van der Waals surface area (Å²) in [4.78, 5) is 4.26. The minimum absolute atomic E-state index is 0.362. The fourth-order valence-corrected chi connectivity index (χ4v) is 2.51. The molecule has 1 aliphatic rings. The Kier molecular flexibility index (Phi) is 4.66. The van der Waals surface area contributed by atoms with E-state index >= 15 is 0 Å². The van der Waals surface area contributed by atoms with Crippen molar-refractivity contribution in [2.24, 2.45) is 0 Å². The number of aryl methyl sites for hydroxylation is 1. The molecule has 0 atom stereocenters. The smallest absolute Gasteiger partial charge is 0.127 e. The van der Waals surface area contributed by atoms with Crippen molar-refractivity contribution in [3.05, 3.63) is 23.5 Å². The van der Waals surface area contributed by atoms with Crippen molar-refractivity contribution in [2.75, 3.05) is 0 Å². The maximum Gasteiger partial charge on any atom is 0.127 e. The molecule has 0 aromatic carbocycles. The van der Waals surface area contributed by atoms with Crippen LogP contribution in [0, 0.1) is 6.92 Å². The van der Waals surface area contributed by atoms with Gasteiger partial charge in [0.25, 0.3) is 0 Å². The Morgan fingerprint density at radius 1 is 1.29 bits per heavy atom. The van der Waals surface area contributed by atoms with Crippen LogP contribution in [0.5, 0.6) is 5.75 Å². The molecule has 0 radical (unpaired) electrons. The molecule has 94 valence electrons. The lowest BCUT2D eigenvalue weighted by molar-refractivity contribution is 0.182. The van der Waals surface area contributed by atoms with E-state index in [1.165, 1.54) is 38.5 Å². The fraction of sp³-hybridized carbons (Fsp3) is 0.643. The van der Waals surface area contributed by atoms with E-state index in [2.05, 4.69) is 4.98 Å². The Bertz CT molecular complexity index is 359. The molecule has 1 aromatic rings. The largest absolute Gasteiger partial charge is 0.490 e. The predicted octanol–water partition coefficient (Wildman–Crippen LogP) is 4.23. The van der Waals surface area contributed by atoms with Gasteiger partial charge in [-0.3, -0.25) is 4.98 Å². The SMILES string of the molecule is Cc1cc(OC2CCCCCC2)c(CCl)cn1. The Morgan fingerprint density at radius 3 is 2.65 bits per heavy atom. The maximum atomic E-state index is 6.11. The van der Waals surface area contributed by atoms with Gasteiger partial charge in [0.1, 0.15) is 5.75 Å². The first-order valence-corrected chi connectivity index (χ1v) is 7.01. The Balaban J connectivity index is 2.07. The topological polar surface area (TPSA) is 22.1 Å². The molecule has 1 heterocycles. The summed E-state index contributed by atoms with van der Waals surface area (Å²) >= 11 is 5.91. The number of pyridine rings is 1. The molecule has 0 amide bonds. The second kappa shape index (κ2) is 6.25. The van der Waals surface area contributed by atoms with E-state index in [9.17, 15) is 0 Å². The number of ether oxygens (including phenoxy) is 1. The predicted molar refractivity (Wildman–Crippen MR) is 70.6 cm³/mol. The second-order valence-corrected chi connectivity index (χ2v) is 5.07. The van der Waals surface area contributed by atoms with Crippen LogP contribution in [0.1, 0.15) is 49.8 Å². The summed E-state index contributed by atoms with van der Waals surface area (Å²) in [5, 5.41) is 0. The van der Waals surface area contributed by atoms with Crippen molar-refractivity contribution in [1.29, 1.82) is 0 Å². The highest BCUT2D eigenvalue weighted by atomic mass is 35.5. The Morgan fingerprint density at radius 2 is 2.00 bits per heavy atom. The highest BCUT2D eigenvalue weighted by Gasteiger charge is 2.15. The van der Waals surface area contributed by atoms with Gasteiger partial charge in [-0.2, -0.15) is 0 Å². The van der Waals surface area contributed by atoms with Crippen LogP contribution in [-0.2, 0) is 5.88 Å².